The van der Waals surface area contributed by atoms with Crippen LogP contribution in [-0.4, -0.2) is 38.1 Å². The van der Waals surface area contributed by atoms with Gasteiger partial charge in [-0.2, -0.15) is 0 Å². The highest BCUT2D eigenvalue weighted by Gasteiger charge is 2.00. The average molecular weight is 260 g/mol. The van der Waals surface area contributed by atoms with Gasteiger partial charge < -0.3 is 14.6 Å². The number of aliphatic hydroxyl groups excluding tert-OH is 1. The van der Waals surface area contributed by atoms with Crippen molar-refractivity contribution in [3.8, 4) is 0 Å². The molecule has 110 valence electrons. The van der Waals surface area contributed by atoms with Crippen LogP contribution in [0.5, 0.6) is 0 Å². The van der Waals surface area contributed by atoms with E-state index in [0.717, 1.165) is 18.9 Å². The first-order valence-electron chi connectivity index (χ1n) is 7.57. The molecule has 0 heterocycles. The number of hydrogen-bond acceptors (Lipinski definition) is 3. The zero-order valence-electron chi connectivity index (χ0n) is 12.3. The van der Waals surface area contributed by atoms with Crippen molar-refractivity contribution in [2.24, 2.45) is 5.92 Å². The Morgan fingerprint density at radius 2 is 1.50 bits per heavy atom. The maximum absolute atomic E-state index is 8.50. The summed E-state index contributed by atoms with van der Waals surface area (Å²) in [4.78, 5) is 0. The summed E-state index contributed by atoms with van der Waals surface area (Å²) in [7, 11) is 0. The van der Waals surface area contributed by atoms with Gasteiger partial charge in [-0.3, -0.25) is 0 Å². The molecule has 3 nitrogen and oxygen atoms in total. The maximum Gasteiger partial charge on any atom is 0.0701 e. The van der Waals surface area contributed by atoms with Gasteiger partial charge in [-0.05, 0) is 12.3 Å². The SMILES string of the molecule is CCCCC(C)CCCCCOCCOCCO. The lowest BCUT2D eigenvalue weighted by molar-refractivity contribution is 0.0320. The monoisotopic (exact) mass is 260 g/mol. The highest BCUT2D eigenvalue weighted by Crippen LogP contribution is 2.15. The third-order valence-electron chi connectivity index (χ3n) is 3.14. The van der Waals surface area contributed by atoms with Crippen molar-refractivity contribution < 1.29 is 14.6 Å². The molecule has 1 N–H and O–H groups in total. The van der Waals surface area contributed by atoms with Gasteiger partial charge in [0, 0.05) is 6.61 Å². The van der Waals surface area contributed by atoms with Crippen LogP contribution in [0.25, 0.3) is 0 Å². The molecule has 0 rings (SSSR count). The van der Waals surface area contributed by atoms with Gasteiger partial charge in [-0.25, -0.2) is 0 Å². The molecule has 0 aromatic heterocycles. The van der Waals surface area contributed by atoms with Crippen molar-refractivity contribution in [1.29, 1.82) is 0 Å². The molecular formula is C15H32O3. The molecule has 18 heavy (non-hydrogen) atoms. The molecule has 1 atom stereocenters. The van der Waals surface area contributed by atoms with Crippen LogP contribution < -0.4 is 0 Å². The van der Waals surface area contributed by atoms with E-state index in [1.54, 1.807) is 0 Å². The summed E-state index contributed by atoms with van der Waals surface area (Å²) in [5.41, 5.74) is 0. The van der Waals surface area contributed by atoms with E-state index < -0.39 is 0 Å². The lowest BCUT2D eigenvalue weighted by atomic mass is 9.98. The minimum absolute atomic E-state index is 0.0935. The lowest BCUT2D eigenvalue weighted by Gasteiger charge is -2.10. The summed E-state index contributed by atoms with van der Waals surface area (Å²) in [6.45, 7) is 7.21. The van der Waals surface area contributed by atoms with Crippen LogP contribution in [0, 0.1) is 5.92 Å². The number of rotatable bonds is 14. The van der Waals surface area contributed by atoms with Crippen LogP contribution >= 0.6 is 0 Å². The maximum atomic E-state index is 8.50. The van der Waals surface area contributed by atoms with Crippen molar-refractivity contribution in [1.82, 2.24) is 0 Å². The number of unbranched alkanes of at least 4 members (excludes halogenated alkanes) is 3. The van der Waals surface area contributed by atoms with Gasteiger partial charge in [0.2, 0.25) is 0 Å². The van der Waals surface area contributed by atoms with E-state index >= 15 is 0 Å². The predicted molar refractivity (Wildman–Crippen MR) is 75.9 cm³/mol. The van der Waals surface area contributed by atoms with Crippen molar-refractivity contribution in [2.45, 2.75) is 58.8 Å². The molecule has 0 saturated heterocycles. The largest absolute Gasteiger partial charge is 0.394 e. The van der Waals surface area contributed by atoms with Crippen LogP contribution in [0.1, 0.15) is 58.8 Å². The van der Waals surface area contributed by atoms with Crippen molar-refractivity contribution in [3.63, 3.8) is 0 Å². The number of hydrogen-bond donors (Lipinski definition) is 1. The van der Waals surface area contributed by atoms with Crippen LogP contribution in [0.15, 0.2) is 0 Å². The van der Waals surface area contributed by atoms with Crippen molar-refractivity contribution >= 4 is 0 Å². The zero-order chi connectivity index (χ0) is 13.5. The van der Waals surface area contributed by atoms with Gasteiger partial charge in [0.25, 0.3) is 0 Å². The van der Waals surface area contributed by atoms with Gasteiger partial charge in [0.1, 0.15) is 0 Å². The molecule has 0 radical (unpaired) electrons. The fourth-order valence-corrected chi connectivity index (χ4v) is 1.96. The van der Waals surface area contributed by atoms with E-state index in [-0.39, 0.29) is 6.61 Å². The minimum atomic E-state index is 0.0935. The van der Waals surface area contributed by atoms with E-state index in [9.17, 15) is 0 Å². The second-order valence-electron chi connectivity index (χ2n) is 5.05. The van der Waals surface area contributed by atoms with E-state index in [1.165, 1.54) is 38.5 Å². The first kappa shape index (κ1) is 17.9. The van der Waals surface area contributed by atoms with Crippen molar-refractivity contribution in [2.75, 3.05) is 33.0 Å². The van der Waals surface area contributed by atoms with Crippen LogP contribution in [0.4, 0.5) is 0 Å². The first-order chi connectivity index (χ1) is 8.81. The Kier molecular flexibility index (Phi) is 14.8. The molecule has 0 aromatic rings. The van der Waals surface area contributed by atoms with Gasteiger partial charge in [0.05, 0.1) is 26.4 Å². The third kappa shape index (κ3) is 13.9. The fourth-order valence-electron chi connectivity index (χ4n) is 1.96. The van der Waals surface area contributed by atoms with Crippen LogP contribution in [0.2, 0.25) is 0 Å². The summed E-state index contributed by atoms with van der Waals surface area (Å²) in [6.07, 6.45) is 9.19. The smallest absolute Gasteiger partial charge is 0.0701 e. The number of aliphatic hydroxyl groups is 1. The summed E-state index contributed by atoms with van der Waals surface area (Å²) < 4.78 is 10.6. The molecule has 0 saturated carbocycles. The zero-order valence-corrected chi connectivity index (χ0v) is 12.3. The molecule has 3 heteroatoms. The molecular weight excluding hydrogens is 228 g/mol. The fraction of sp³-hybridized carbons (Fsp3) is 1.00. The molecule has 1 unspecified atom stereocenters. The van der Waals surface area contributed by atoms with Crippen molar-refractivity contribution in [3.05, 3.63) is 0 Å². The second-order valence-corrected chi connectivity index (χ2v) is 5.05. The number of ether oxygens (including phenoxy) is 2. The topological polar surface area (TPSA) is 38.7 Å². The standard InChI is InChI=1S/C15H32O3/c1-3-4-8-15(2)9-6-5-7-11-17-13-14-18-12-10-16/h15-16H,3-14H2,1-2H3. The highest BCUT2D eigenvalue weighted by atomic mass is 16.5. The lowest BCUT2D eigenvalue weighted by Crippen LogP contribution is -2.07. The minimum Gasteiger partial charge on any atom is -0.394 e. The Bertz CT molecular complexity index is 151. The average Bonchev–Trinajstić information content (AvgIpc) is 2.38. The molecule has 0 bridgehead atoms. The van der Waals surface area contributed by atoms with E-state index in [4.69, 9.17) is 14.6 Å². The van der Waals surface area contributed by atoms with Gasteiger partial charge >= 0.3 is 0 Å². The van der Waals surface area contributed by atoms with Gasteiger partial charge in [-0.15, -0.1) is 0 Å². The van der Waals surface area contributed by atoms with Crippen LogP contribution in [0.3, 0.4) is 0 Å². The normalized spacial score (nSPS) is 12.8. The molecule has 0 aliphatic heterocycles. The Morgan fingerprint density at radius 1 is 0.833 bits per heavy atom. The third-order valence-corrected chi connectivity index (χ3v) is 3.14. The van der Waals surface area contributed by atoms with E-state index in [2.05, 4.69) is 13.8 Å². The van der Waals surface area contributed by atoms with Crippen LogP contribution in [-0.2, 0) is 9.47 Å². The molecule has 0 aliphatic rings. The molecule has 0 amide bonds. The Hall–Kier alpha value is -0.120. The van der Waals surface area contributed by atoms with Gasteiger partial charge in [-0.1, -0.05) is 52.4 Å². The molecule has 0 aromatic carbocycles. The Morgan fingerprint density at radius 3 is 2.17 bits per heavy atom. The Balaban J connectivity index is 3.02. The van der Waals surface area contributed by atoms with E-state index in [0.29, 0.717) is 19.8 Å². The van der Waals surface area contributed by atoms with E-state index in [1.807, 2.05) is 0 Å². The molecule has 0 aliphatic carbocycles. The first-order valence-corrected chi connectivity index (χ1v) is 7.57. The predicted octanol–water partition coefficient (Wildman–Crippen LogP) is 3.40. The quantitative estimate of drug-likeness (QED) is 0.486. The Labute approximate surface area is 113 Å². The summed E-state index contributed by atoms with van der Waals surface area (Å²) >= 11 is 0. The summed E-state index contributed by atoms with van der Waals surface area (Å²) in [6, 6.07) is 0. The summed E-state index contributed by atoms with van der Waals surface area (Å²) in [5.74, 6) is 0.887. The molecule has 0 fully saturated rings. The second kappa shape index (κ2) is 14.9. The summed E-state index contributed by atoms with van der Waals surface area (Å²) in [5, 5.41) is 8.50. The van der Waals surface area contributed by atoms with Gasteiger partial charge in [0.15, 0.2) is 0 Å². The molecule has 0 spiro atoms. The highest BCUT2D eigenvalue weighted by molar-refractivity contribution is 4.53.